The van der Waals surface area contributed by atoms with Gasteiger partial charge in [0.2, 0.25) is 5.91 Å². The van der Waals surface area contributed by atoms with Gasteiger partial charge in [0.25, 0.3) is 0 Å². The van der Waals surface area contributed by atoms with Crippen molar-refractivity contribution in [1.82, 2.24) is 14.8 Å². The lowest BCUT2D eigenvalue weighted by atomic mass is 9.95. The van der Waals surface area contributed by atoms with Crippen molar-refractivity contribution in [2.75, 3.05) is 11.9 Å². The maximum absolute atomic E-state index is 13.0. The van der Waals surface area contributed by atoms with Gasteiger partial charge in [-0.05, 0) is 50.3 Å². The molecule has 170 valence electrons. The van der Waals surface area contributed by atoms with Gasteiger partial charge in [0, 0.05) is 17.3 Å². The molecule has 1 atom stereocenters. The van der Waals surface area contributed by atoms with Crippen LogP contribution in [0.4, 0.5) is 5.69 Å². The lowest BCUT2D eigenvalue weighted by Gasteiger charge is -2.26. The fourth-order valence-electron chi connectivity index (χ4n) is 4.08. The lowest BCUT2D eigenvalue weighted by molar-refractivity contribution is -0.115. The first-order valence-corrected chi connectivity index (χ1v) is 13.1. The Labute approximate surface area is 197 Å². The van der Waals surface area contributed by atoms with E-state index in [2.05, 4.69) is 37.6 Å². The molecule has 0 bridgehead atoms. The van der Waals surface area contributed by atoms with E-state index in [1.165, 1.54) is 35.9 Å². The fourth-order valence-corrected chi connectivity index (χ4v) is 5.72. The maximum atomic E-state index is 13.0. The third-order valence-corrected chi connectivity index (χ3v) is 7.62. The summed E-state index contributed by atoms with van der Waals surface area (Å²) >= 11 is 3.23. The summed E-state index contributed by atoms with van der Waals surface area (Å²) in [4.78, 5) is 14.3. The summed E-state index contributed by atoms with van der Waals surface area (Å²) in [5.74, 6) is 1.61. The average Bonchev–Trinajstić information content (AvgIpc) is 3.46. The molecule has 2 aromatic heterocycles. The Kier molecular flexibility index (Phi) is 7.86. The molecule has 4 rings (SSSR count). The largest absolute Gasteiger partial charge is 0.492 e. The van der Waals surface area contributed by atoms with Gasteiger partial charge in [-0.25, -0.2) is 0 Å². The predicted octanol–water partition coefficient (Wildman–Crippen LogP) is 5.95. The van der Waals surface area contributed by atoms with Crippen LogP contribution in [-0.4, -0.2) is 32.5 Å². The van der Waals surface area contributed by atoms with Crippen LogP contribution >= 0.6 is 23.1 Å². The normalized spacial score (nSPS) is 15.4. The van der Waals surface area contributed by atoms with Crippen molar-refractivity contribution in [3.63, 3.8) is 0 Å². The van der Waals surface area contributed by atoms with Crippen molar-refractivity contribution in [3.8, 4) is 5.75 Å². The minimum absolute atomic E-state index is 0.0693. The second-order valence-electron chi connectivity index (χ2n) is 8.00. The number of carbonyl (C=O) groups is 1. The molecule has 3 aromatic rings. The molecular formula is C24H30N4O2S2. The van der Waals surface area contributed by atoms with Crippen molar-refractivity contribution >= 4 is 34.7 Å². The number of para-hydroxylation sites is 2. The molecule has 1 aliphatic carbocycles. The van der Waals surface area contributed by atoms with Crippen molar-refractivity contribution in [2.24, 2.45) is 0 Å². The highest BCUT2D eigenvalue weighted by molar-refractivity contribution is 8.00. The van der Waals surface area contributed by atoms with Crippen LogP contribution in [0.3, 0.4) is 0 Å². The van der Waals surface area contributed by atoms with Gasteiger partial charge in [0.1, 0.15) is 11.6 Å². The number of hydrogen-bond donors (Lipinski definition) is 1. The molecule has 32 heavy (non-hydrogen) atoms. The zero-order chi connectivity index (χ0) is 22.3. The predicted molar refractivity (Wildman–Crippen MR) is 131 cm³/mol. The number of anilines is 1. The first-order valence-electron chi connectivity index (χ1n) is 11.3. The van der Waals surface area contributed by atoms with Gasteiger partial charge in [-0.3, -0.25) is 4.79 Å². The Morgan fingerprint density at radius 3 is 2.78 bits per heavy atom. The van der Waals surface area contributed by atoms with E-state index in [4.69, 9.17) is 4.74 Å². The standard InChI is InChI=1S/C24H30N4O2S2/c1-3-30-21-14-8-7-13-20(21)25-23(29)17(2)32-24-27-26-22(16-19-12-9-15-31-19)28(24)18-10-5-4-6-11-18/h7-9,12-15,17-18H,3-6,10-11,16H2,1-2H3,(H,25,29). The number of ether oxygens (including phenoxy) is 1. The molecule has 1 N–H and O–H groups in total. The zero-order valence-electron chi connectivity index (χ0n) is 18.6. The number of hydrogen-bond acceptors (Lipinski definition) is 6. The summed E-state index contributed by atoms with van der Waals surface area (Å²) in [6, 6.07) is 12.2. The first kappa shape index (κ1) is 22.9. The minimum atomic E-state index is -0.314. The van der Waals surface area contributed by atoms with Gasteiger partial charge in [-0.2, -0.15) is 0 Å². The molecule has 0 spiro atoms. The summed E-state index contributed by atoms with van der Waals surface area (Å²) in [7, 11) is 0. The molecule has 0 aliphatic heterocycles. The van der Waals surface area contributed by atoms with E-state index >= 15 is 0 Å². The molecule has 1 aromatic carbocycles. The van der Waals surface area contributed by atoms with Gasteiger partial charge < -0.3 is 14.6 Å². The first-order chi connectivity index (χ1) is 15.7. The molecule has 1 saturated carbocycles. The summed E-state index contributed by atoms with van der Waals surface area (Å²) in [6.07, 6.45) is 6.82. The summed E-state index contributed by atoms with van der Waals surface area (Å²) < 4.78 is 7.95. The molecule has 1 unspecified atom stereocenters. The topological polar surface area (TPSA) is 69.0 Å². The highest BCUT2D eigenvalue weighted by Gasteiger charge is 2.26. The Hall–Kier alpha value is -2.32. The second-order valence-corrected chi connectivity index (χ2v) is 10.3. The van der Waals surface area contributed by atoms with E-state index in [0.717, 1.165) is 30.2 Å². The molecule has 2 heterocycles. The molecule has 0 radical (unpaired) electrons. The Balaban J connectivity index is 1.51. The number of benzene rings is 1. The van der Waals surface area contributed by atoms with Crippen LogP contribution < -0.4 is 10.1 Å². The number of rotatable bonds is 9. The fraction of sp³-hybridized carbons (Fsp3) is 0.458. The van der Waals surface area contributed by atoms with Gasteiger partial charge in [-0.1, -0.05) is 49.2 Å². The van der Waals surface area contributed by atoms with E-state index < -0.39 is 0 Å². The van der Waals surface area contributed by atoms with Crippen LogP contribution in [0, 0.1) is 0 Å². The van der Waals surface area contributed by atoms with E-state index in [9.17, 15) is 4.79 Å². The number of nitrogens with one attached hydrogen (secondary N) is 1. The number of aromatic nitrogens is 3. The van der Waals surface area contributed by atoms with Gasteiger partial charge in [0.15, 0.2) is 5.16 Å². The highest BCUT2D eigenvalue weighted by atomic mass is 32.2. The van der Waals surface area contributed by atoms with E-state index in [-0.39, 0.29) is 11.2 Å². The summed E-state index contributed by atoms with van der Waals surface area (Å²) in [5, 5.41) is 14.7. The molecule has 1 fully saturated rings. The van der Waals surface area contributed by atoms with Crippen molar-refractivity contribution in [2.45, 2.75) is 68.8 Å². The van der Waals surface area contributed by atoms with E-state index in [1.54, 1.807) is 11.3 Å². The van der Waals surface area contributed by atoms with Crippen LogP contribution in [0.25, 0.3) is 0 Å². The molecular weight excluding hydrogens is 440 g/mol. The lowest BCUT2D eigenvalue weighted by Crippen LogP contribution is -2.24. The van der Waals surface area contributed by atoms with Crippen LogP contribution in [0.15, 0.2) is 46.9 Å². The number of amides is 1. The minimum Gasteiger partial charge on any atom is -0.492 e. The maximum Gasteiger partial charge on any atom is 0.237 e. The third-order valence-electron chi connectivity index (χ3n) is 5.68. The van der Waals surface area contributed by atoms with E-state index in [0.29, 0.717) is 24.1 Å². The average molecular weight is 471 g/mol. The Bertz CT molecular complexity index is 1010. The Morgan fingerprint density at radius 2 is 2.03 bits per heavy atom. The second kappa shape index (κ2) is 11.0. The third kappa shape index (κ3) is 5.53. The highest BCUT2D eigenvalue weighted by Crippen LogP contribution is 2.35. The molecule has 1 aliphatic rings. The van der Waals surface area contributed by atoms with Gasteiger partial charge in [0.05, 0.1) is 17.5 Å². The summed E-state index contributed by atoms with van der Waals surface area (Å²) in [5.41, 5.74) is 0.693. The quantitative estimate of drug-likeness (QED) is 0.391. The van der Waals surface area contributed by atoms with Crippen molar-refractivity contribution in [3.05, 3.63) is 52.5 Å². The molecule has 8 heteroatoms. The monoisotopic (exact) mass is 470 g/mol. The van der Waals surface area contributed by atoms with E-state index in [1.807, 2.05) is 38.1 Å². The van der Waals surface area contributed by atoms with Crippen molar-refractivity contribution < 1.29 is 9.53 Å². The van der Waals surface area contributed by atoms with Gasteiger partial charge >= 0.3 is 0 Å². The van der Waals surface area contributed by atoms with Crippen LogP contribution in [-0.2, 0) is 11.2 Å². The number of nitrogens with zero attached hydrogens (tertiary/aromatic N) is 3. The molecule has 6 nitrogen and oxygen atoms in total. The SMILES string of the molecule is CCOc1ccccc1NC(=O)C(C)Sc1nnc(Cc2cccs2)n1C1CCCCC1. The molecule has 1 amide bonds. The number of carbonyl (C=O) groups excluding carboxylic acids is 1. The number of thiophene rings is 1. The van der Waals surface area contributed by atoms with Crippen LogP contribution in [0.2, 0.25) is 0 Å². The zero-order valence-corrected chi connectivity index (χ0v) is 20.3. The Morgan fingerprint density at radius 1 is 1.22 bits per heavy atom. The summed E-state index contributed by atoms with van der Waals surface area (Å²) in [6.45, 7) is 4.40. The van der Waals surface area contributed by atoms with Crippen LogP contribution in [0.5, 0.6) is 5.75 Å². The van der Waals surface area contributed by atoms with Crippen LogP contribution in [0.1, 0.15) is 62.7 Å². The number of thioether (sulfide) groups is 1. The molecule has 0 saturated heterocycles. The van der Waals surface area contributed by atoms with Crippen molar-refractivity contribution in [1.29, 1.82) is 0 Å². The van der Waals surface area contributed by atoms with Gasteiger partial charge in [-0.15, -0.1) is 21.5 Å². The smallest absolute Gasteiger partial charge is 0.237 e.